The number of ether oxygens (including phenoxy) is 2. The normalized spacial score (nSPS) is 10.5. The average Bonchev–Trinajstić information content (AvgIpc) is 2.53. The molecule has 0 spiro atoms. The number of hydrogen-bond acceptors (Lipinski definition) is 4. The number of benzene rings is 1. The van der Waals surface area contributed by atoms with Crippen LogP contribution in [0.25, 0.3) is 22.0 Å². The molecular formula is C16H14N2O2. The van der Waals surface area contributed by atoms with Crippen LogP contribution in [0.2, 0.25) is 0 Å². The lowest BCUT2D eigenvalue weighted by Crippen LogP contribution is -1.95. The van der Waals surface area contributed by atoms with Gasteiger partial charge in [0.25, 0.3) is 0 Å². The predicted octanol–water partition coefficient (Wildman–Crippen LogP) is 3.31. The van der Waals surface area contributed by atoms with Gasteiger partial charge in [-0.1, -0.05) is 18.2 Å². The smallest absolute Gasteiger partial charge is 0.224 e. The van der Waals surface area contributed by atoms with Crippen LogP contribution < -0.4 is 9.47 Å². The Hall–Kier alpha value is -2.62. The van der Waals surface area contributed by atoms with Crippen LogP contribution in [-0.4, -0.2) is 24.2 Å². The second-order valence-electron chi connectivity index (χ2n) is 4.33. The molecule has 0 saturated heterocycles. The van der Waals surface area contributed by atoms with E-state index >= 15 is 0 Å². The quantitative estimate of drug-likeness (QED) is 0.729. The molecule has 0 radical (unpaired) electrons. The van der Waals surface area contributed by atoms with Crippen LogP contribution in [-0.2, 0) is 0 Å². The zero-order chi connectivity index (χ0) is 13.9. The van der Waals surface area contributed by atoms with Crippen molar-refractivity contribution in [2.24, 2.45) is 0 Å². The second kappa shape index (κ2) is 5.17. The number of hydrogen-bond donors (Lipinski definition) is 0. The Balaban J connectivity index is 2.14. The molecule has 0 saturated carbocycles. The Morgan fingerprint density at radius 3 is 2.60 bits per heavy atom. The van der Waals surface area contributed by atoms with E-state index in [2.05, 4.69) is 16.0 Å². The van der Waals surface area contributed by atoms with E-state index in [1.54, 1.807) is 14.2 Å². The van der Waals surface area contributed by atoms with Crippen molar-refractivity contribution in [1.29, 1.82) is 0 Å². The summed E-state index contributed by atoms with van der Waals surface area (Å²) in [4.78, 5) is 8.75. The lowest BCUT2D eigenvalue weighted by molar-refractivity contribution is 0.366. The molecule has 4 heteroatoms. The van der Waals surface area contributed by atoms with Gasteiger partial charge in [-0.3, -0.25) is 4.98 Å². The first-order chi connectivity index (χ1) is 9.81. The minimum Gasteiger partial charge on any atom is -0.481 e. The van der Waals surface area contributed by atoms with Crippen molar-refractivity contribution >= 4 is 10.9 Å². The van der Waals surface area contributed by atoms with E-state index < -0.39 is 0 Å². The maximum Gasteiger partial charge on any atom is 0.224 e. The molecule has 0 fully saturated rings. The van der Waals surface area contributed by atoms with E-state index in [1.165, 1.54) is 0 Å². The molecule has 0 aliphatic carbocycles. The van der Waals surface area contributed by atoms with Gasteiger partial charge in [0.1, 0.15) is 0 Å². The standard InChI is InChI=1S/C16H14N2O2/c1-19-15-8-7-13(16(18-15)20-2)12-9-11-5-3-4-6-14(11)17-10-12/h3-10H,1-2H3. The summed E-state index contributed by atoms with van der Waals surface area (Å²) >= 11 is 0. The van der Waals surface area contributed by atoms with Gasteiger partial charge in [0.2, 0.25) is 11.8 Å². The highest BCUT2D eigenvalue weighted by atomic mass is 16.5. The van der Waals surface area contributed by atoms with Crippen molar-refractivity contribution in [3.05, 3.63) is 48.7 Å². The molecule has 1 aromatic carbocycles. The molecule has 2 aromatic heterocycles. The fourth-order valence-corrected chi connectivity index (χ4v) is 2.13. The van der Waals surface area contributed by atoms with Gasteiger partial charge < -0.3 is 9.47 Å². The SMILES string of the molecule is COc1ccc(-c2cnc3ccccc3c2)c(OC)n1. The maximum atomic E-state index is 5.34. The number of methoxy groups -OCH3 is 2. The minimum absolute atomic E-state index is 0.527. The maximum absolute atomic E-state index is 5.34. The predicted molar refractivity (Wildman–Crippen MR) is 78.1 cm³/mol. The van der Waals surface area contributed by atoms with Crippen LogP contribution in [0.5, 0.6) is 11.8 Å². The lowest BCUT2D eigenvalue weighted by atomic mass is 10.1. The molecule has 0 bridgehead atoms. The van der Waals surface area contributed by atoms with Gasteiger partial charge in [-0.2, -0.15) is 4.98 Å². The highest BCUT2D eigenvalue weighted by molar-refractivity contribution is 5.84. The number of fused-ring (bicyclic) bond motifs is 1. The number of aromatic nitrogens is 2. The Bertz CT molecular complexity index is 756. The third kappa shape index (κ3) is 2.16. The Kier molecular flexibility index (Phi) is 3.21. The first kappa shape index (κ1) is 12.4. The molecule has 100 valence electrons. The summed E-state index contributed by atoms with van der Waals surface area (Å²) in [5.41, 5.74) is 2.83. The molecule has 20 heavy (non-hydrogen) atoms. The van der Waals surface area contributed by atoms with Gasteiger partial charge in [-0.25, -0.2) is 0 Å². The Morgan fingerprint density at radius 2 is 1.80 bits per heavy atom. The number of rotatable bonds is 3. The molecule has 4 nitrogen and oxygen atoms in total. The molecule has 0 aliphatic heterocycles. The zero-order valence-electron chi connectivity index (χ0n) is 11.3. The highest BCUT2D eigenvalue weighted by Crippen LogP contribution is 2.31. The minimum atomic E-state index is 0.527. The average molecular weight is 266 g/mol. The van der Waals surface area contributed by atoms with Crippen molar-refractivity contribution in [1.82, 2.24) is 9.97 Å². The molecule has 2 heterocycles. The summed E-state index contributed by atoms with van der Waals surface area (Å²) < 4.78 is 10.4. The van der Waals surface area contributed by atoms with Crippen LogP contribution in [0.4, 0.5) is 0 Å². The van der Waals surface area contributed by atoms with Gasteiger partial charge in [0.15, 0.2) is 0 Å². The first-order valence-electron chi connectivity index (χ1n) is 6.26. The first-order valence-corrected chi connectivity index (χ1v) is 6.26. The zero-order valence-corrected chi connectivity index (χ0v) is 11.3. The van der Waals surface area contributed by atoms with Crippen LogP contribution >= 0.6 is 0 Å². The molecule has 0 atom stereocenters. The number of para-hydroxylation sites is 1. The fourth-order valence-electron chi connectivity index (χ4n) is 2.13. The van der Waals surface area contributed by atoms with Crippen molar-refractivity contribution < 1.29 is 9.47 Å². The van der Waals surface area contributed by atoms with E-state index in [9.17, 15) is 0 Å². The van der Waals surface area contributed by atoms with Gasteiger partial charge in [0.05, 0.1) is 19.7 Å². The monoisotopic (exact) mass is 266 g/mol. The molecule has 0 amide bonds. The summed E-state index contributed by atoms with van der Waals surface area (Å²) in [6.45, 7) is 0. The second-order valence-corrected chi connectivity index (χ2v) is 4.33. The summed E-state index contributed by atoms with van der Waals surface area (Å²) in [6, 6.07) is 13.8. The summed E-state index contributed by atoms with van der Waals surface area (Å²) in [7, 11) is 3.18. The number of pyridine rings is 2. The van der Waals surface area contributed by atoms with E-state index in [0.717, 1.165) is 22.0 Å². The third-order valence-corrected chi connectivity index (χ3v) is 3.14. The molecular weight excluding hydrogens is 252 g/mol. The van der Waals surface area contributed by atoms with Gasteiger partial charge in [-0.15, -0.1) is 0 Å². The van der Waals surface area contributed by atoms with E-state index in [4.69, 9.17) is 9.47 Å². The van der Waals surface area contributed by atoms with E-state index in [-0.39, 0.29) is 0 Å². The highest BCUT2D eigenvalue weighted by Gasteiger charge is 2.10. The Labute approximate surface area is 117 Å². The molecule has 3 aromatic rings. The fraction of sp³-hybridized carbons (Fsp3) is 0.125. The van der Waals surface area contributed by atoms with Crippen LogP contribution in [0, 0.1) is 0 Å². The van der Waals surface area contributed by atoms with E-state index in [0.29, 0.717) is 11.8 Å². The molecule has 3 rings (SSSR count). The van der Waals surface area contributed by atoms with Crippen molar-refractivity contribution in [3.8, 4) is 22.9 Å². The lowest BCUT2D eigenvalue weighted by Gasteiger charge is -2.09. The van der Waals surface area contributed by atoms with Crippen LogP contribution in [0.1, 0.15) is 0 Å². The van der Waals surface area contributed by atoms with Crippen molar-refractivity contribution in [2.75, 3.05) is 14.2 Å². The Morgan fingerprint density at radius 1 is 0.950 bits per heavy atom. The topological polar surface area (TPSA) is 44.2 Å². The largest absolute Gasteiger partial charge is 0.481 e. The molecule has 0 aliphatic rings. The van der Waals surface area contributed by atoms with Crippen LogP contribution in [0.15, 0.2) is 48.7 Å². The summed E-state index contributed by atoms with van der Waals surface area (Å²) in [5.74, 6) is 1.06. The van der Waals surface area contributed by atoms with E-state index in [1.807, 2.05) is 42.6 Å². The third-order valence-electron chi connectivity index (χ3n) is 3.14. The van der Waals surface area contributed by atoms with Gasteiger partial charge >= 0.3 is 0 Å². The molecule has 0 unspecified atom stereocenters. The molecule has 0 N–H and O–H groups in total. The number of nitrogens with zero attached hydrogens (tertiary/aromatic N) is 2. The van der Waals surface area contributed by atoms with Gasteiger partial charge in [-0.05, 0) is 18.2 Å². The van der Waals surface area contributed by atoms with Crippen molar-refractivity contribution in [3.63, 3.8) is 0 Å². The van der Waals surface area contributed by atoms with Crippen molar-refractivity contribution in [2.45, 2.75) is 0 Å². The summed E-state index contributed by atoms with van der Waals surface area (Å²) in [6.07, 6.45) is 1.83. The summed E-state index contributed by atoms with van der Waals surface area (Å²) in [5, 5.41) is 1.09. The van der Waals surface area contributed by atoms with Gasteiger partial charge in [0, 0.05) is 28.8 Å². The van der Waals surface area contributed by atoms with Crippen LogP contribution in [0.3, 0.4) is 0 Å².